The van der Waals surface area contributed by atoms with Crippen molar-refractivity contribution in [3.8, 4) is 0 Å². The molecule has 2 unspecified atom stereocenters. The molecule has 14 heavy (non-hydrogen) atoms. The van der Waals surface area contributed by atoms with Crippen molar-refractivity contribution in [2.24, 2.45) is 0 Å². The van der Waals surface area contributed by atoms with Gasteiger partial charge in [-0.15, -0.1) is 0 Å². The predicted molar refractivity (Wildman–Crippen MR) is 42.4 cm³/mol. The van der Waals surface area contributed by atoms with E-state index in [0.717, 1.165) is 13.8 Å². The number of carbonyl (C=O) groups excluding carboxylic acids is 3. The molecule has 0 saturated carbocycles. The van der Waals surface area contributed by atoms with E-state index >= 15 is 0 Å². The van der Waals surface area contributed by atoms with Crippen LogP contribution < -0.4 is 0 Å². The maximum Gasteiger partial charge on any atom is 0.338 e. The van der Waals surface area contributed by atoms with Crippen LogP contribution in [0.15, 0.2) is 0 Å². The van der Waals surface area contributed by atoms with Crippen molar-refractivity contribution in [2.75, 3.05) is 0 Å². The quantitative estimate of drug-likeness (QED) is 0.495. The minimum absolute atomic E-state index is 0.423. The van der Waals surface area contributed by atoms with Crippen molar-refractivity contribution in [3.05, 3.63) is 0 Å². The topological polar surface area (TPSA) is 98.2 Å². The number of hydrogen-bond acceptors (Lipinski definition) is 5. The van der Waals surface area contributed by atoms with Gasteiger partial charge in [-0.3, -0.25) is 9.59 Å². The molecule has 78 valence electrons. The van der Waals surface area contributed by atoms with Gasteiger partial charge in [-0.05, 0) is 0 Å². The van der Waals surface area contributed by atoms with Gasteiger partial charge in [0.2, 0.25) is 11.8 Å². The Labute approximate surface area is 79.5 Å². The maximum atomic E-state index is 11.3. The number of urea groups is 1. The summed E-state index contributed by atoms with van der Waals surface area (Å²) in [5.41, 5.74) is 0. The van der Waals surface area contributed by atoms with Gasteiger partial charge in [0.15, 0.2) is 12.5 Å². The van der Waals surface area contributed by atoms with Crippen LogP contribution in [0.5, 0.6) is 0 Å². The second-order valence-electron chi connectivity index (χ2n) is 2.89. The molecule has 1 heterocycles. The number of nitrogens with zero attached hydrogens (tertiary/aromatic N) is 2. The molecule has 0 aliphatic carbocycles. The van der Waals surface area contributed by atoms with Gasteiger partial charge in [-0.25, -0.2) is 14.6 Å². The molecule has 1 rings (SSSR count). The van der Waals surface area contributed by atoms with E-state index in [1.54, 1.807) is 0 Å². The van der Waals surface area contributed by atoms with Gasteiger partial charge in [-0.1, -0.05) is 0 Å². The molecule has 1 fully saturated rings. The lowest BCUT2D eigenvalue weighted by molar-refractivity contribution is -0.143. The van der Waals surface area contributed by atoms with Crippen molar-refractivity contribution >= 4 is 17.8 Å². The van der Waals surface area contributed by atoms with Gasteiger partial charge in [0.1, 0.15) is 0 Å². The normalized spacial score (nSPS) is 27.0. The van der Waals surface area contributed by atoms with Crippen LogP contribution in [0.2, 0.25) is 0 Å². The molecule has 1 saturated heterocycles. The van der Waals surface area contributed by atoms with E-state index in [2.05, 4.69) is 0 Å². The van der Waals surface area contributed by atoms with Crippen molar-refractivity contribution in [1.82, 2.24) is 9.80 Å². The Morgan fingerprint density at radius 1 is 1.07 bits per heavy atom. The molecule has 1 aliphatic heterocycles. The number of imide groups is 2. The predicted octanol–water partition coefficient (Wildman–Crippen LogP) is -1.55. The standard InChI is InChI=1S/C7H10N2O5/c1-3(10)8-5(12)6(13)9(4(2)11)7(8)14/h5-6,12-13H,1-2H3. The summed E-state index contributed by atoms with van der Waals surface area (Å²) in [5, 5.41) is 18.5. The third-order valence-electron chi connectivity index (χ3n) is 1.89. The fourth-order valence-corrected chi connectivity index (χ4v) is 1.25. The summed E-state index contributed by atoms with van der Waals surface area (Å²) in [6.07, 6.45) is -3.38. The molecule has 0 bridgehead atoms. The highest BCUT2D eigenvalue weighted by Crippen LogP contribution is 2.19. The molecule has 7 nitrogen and oxygen atoms in total. The van der Waals surface area contributed by atoms with Gasteiger partial charge < -0.3 is 10.2 Å². The molecule has 4 amide bonds. The average molecular weight is 202 g/mol. The highest BCUT2D eigenvalue weighted by molar-refractivity contribution is 6.03. The Hall–Kier alpha value is -1.47. The molecule has 0 spiro atoms. The first kappa shape index (κ1) is 10.6. The summed E-state index contributed by atoms with van der Waals surface area (Å²) >= 11 is 0. The fraction of sp³-hybridized carbons (Fsp3) is 0.571. The van der Waals surface area contributed by atoms with Crippen LogP contribution in [0.1, 0.15) is 13.8 Å². The Morgan fingerprint density at radius 3 is 1.50 bits per heavy atom. The summed E-state index contributed by atoms with van der Waals surface area (Å²) in [7, 11) is 0. The van der Waals surface area contributed by atoms with Crippen molar-refractivity contribution < 1.29 is 24.6 Å². The number of aliphatic hydroxyl groups excluding tert-OH is 2. The summed E-state index contributed by atoms with van der Waals surface area (Å²) in [4.78, 5) is 33.9. The van der Waals surface area contributed by atoms with Crippen LogP contribution in [0.3, 0.4) is 0 Å². The van der Waals surface area contributed by atoms with Crippen LogP contribution in [0.4, 0.5) is 4.79 Å². The number of amides is 4. The zero-order chi connectivity index (χ0) is 11.0. The van der Waals surface area contributed by atoms with Crippen LogP contribution in [0.25, 0.3) is 0 Å². The molecule has 0 radical (unpaired) electrons. The third-order valence-corrected chi connectivity index (χ3v) is 1.89. The number of aliphatic hydroxyl groups is 2. The zero-order valence-corrected chi connectivity index (χ0v) is 7.67. The number of rotatable bonds is 0. The van der Waals surface area contributed by atoms with E-state index in [9.17, 15) is 24.6 Å². The highest BCUT2D eigenvalue weighted by atomic mass is 16.4. The van der Waals surface area contributed by atoms with E-state index < -0.39 is 30.3 Å². The lowest BCUT2D eigenvalue weighted by Crippen LogP contribution is -2.39. The van der Waals surface area contributed by atoms with Crippen molar-refractivity contribution in [1.29, 1.82) is 0 Å². The van der Waals surface area contributed by atoms with Gasteiger partial charge in [0, 0.05) is 13.8 Å². The Morgan fingerprint density at radius 2 is 1.36 bits per heavy atom. The first-order valence-electron chi connectivity index (χ1n) is 3.87. The molecule has 2 atom stereocenters. The lowest BCUT2D eigenvalue weighted by Gasteiger charge is -2.14. The van der Waals surface area contributed by atoms with Crippen LogP contribution in [-0.4, -0.2) is 50.3 Å². The Kier molecular flexibility index (Phi) is 2.54. The molecule has 0 aromatic carbocycles. The molecular formula is C7H10N2O5. The number of hydrogen-bond donors (Lipinski definition) is 2. The van der Waals surface area contributed by atoms with E-state index in [-0.39, 0.29) is 0 Å². The summed E-state index contributed by atoms with van der Waals surface area (Å²) in [5.74, 6) is -1.46. The smallest absolute Gasteiger partial charge is 0.338 e. The molecule has 7 heteroatoms. The monoisotopic (exact) mass is 202 g/mol. The first-order chi connectivity index (χ1) is 6.37. The van der Waals surface area contributed by atoms with Crippen LogP contribution in [0, 0.1) is 0 Å². The van der Waals surface area contributed by atoms with Crippen LogP contribution in [-0.2, 0) is 9.59 Å². The third kappa shape index (κ3) is 1.36. The molecule has 0 aromatic heterocycles. The number of carbonyl (C=O) groups is 3. The minimum Gasteiger partial charge on any atom is -0.369 e. The summed E-state index contributed by atoms with van der Waals surface area (Å²) in [6.45, 7) is 2.11. The van der Waals surface area contributed by atoms with Crippen molar-refractivity contribution in [2.45, 2.75) is 26.3 Å². The second-order valence-corrected chi connectivity index (χ2v) is 2.89. The van der Waals surface area contributed by atoms with Crippen LogP contribution >= 0.6 is 0 Å². The van der Waals surface area contributed by atoms with Gasteiger partial charge in [0.05, 0.1) is 0 Å². The maximum absolute atomic E-state index is 11.3. The zero-order valence-electron chi connectivity index (χ0n) is 7.67. The highest BCUT2D eigenvalue weighted by Gasteiger charge is 2.48. The average Bonchev–Trinajstić information content (AvgIpc) is 2.23. The van der Waals surface area contributed by atoms with Gasteiger partial charge >= 0.3 is 6.03 Å². The fourth-order valence-electron chi connectivity index (χ4n) is 1.25. The summed E-state index contributed by atoms with van der Waals surface area (Å²) in [6, 6.07) is -1.01. The second kappa shape index (κ2) is 3.35. The molecule has 0 aromatic rings. The lowest BCUT2D eigenvalue weighted by atomic mass is 10.4. The largest absolute Gasteiger partial charge is 0.369 e. The molecule has 1 aliphatic rings. The van der Waals surface area contributed by atoms with Gasteiger partial charge in [-0.2, -0.15) is 0 Å². The molecule has 2 N–H and O–H groups in total. The van der Waals surface area contributed by atoms with E-state index in [1.165, 1.54) is 0 Å². The van der Waals surface area contributed by atoms with E-state index in [0.29, 0.717) is 9.80 Å². The van der Waals surface area contributed by atoms with Crippen molar-refractivity contribution in [3.63, 3.8) is 0 Å². The Balaban J connectivity index is 3.02. The SMILES string of the molecule is CC(=O)N1C(=O)N(C(C)=O)C(O)C1O. The Bertz CT molecular complexity index is 274. The van der Waals surface area contributed by atoms with Gasteiger partial charge in [0.25, 0.3) is 0 Å². The van der Waals surface area contributed by atoms with E-state index in [1.807, 2.05) is 0 Å². The van der Waals surface area contributed by atoms with E-state index in [4.69, 9.17) is 0 Å². The minimum atomic E-state index is -1.69. The first-order valence-corrected chi connectivity index (χ1v) is 3.87. The summed E-state index contributed by atoms with van der Waals surface area (Å²) < 4.78 is 0. The molecular weight excluding hydrogens is 192 g/mol.